The zero-order valence-corrected chi connectivity index (χ0v) is 12.5. The van der Waals surface area contributed by atoms with E-state index < -0.39 is 20.2 Å². The molecule has 1 unspecified atom stereocenters. The van der Waals surface area contributed by atoms with Gasteiger partial charge in [0.1, 0.15) is 17.9 Å². The molecule has 0 saturated heterocycles. The summed E-state index contributed by atoms with van der Waals surface area (Å²) >= 11 is 0. The van der Waals surface area contributed by atoms with Gasteiger partial charge in [0, 0.05) is 7.11 Å². The van der Waals surface area contributed by atoms with Crippen LogP contribution in [0.2, 0.25) is 0 Å². The molecule has 10 nitrogen and oxygen atoms in total. The molecule has 0 fully saturated rings. The first kappa shape index (κ1) is 15.1. The predicted molar refractivity (Wildman–Crippen MR) is 75.6 cm³/mol. The number of aromatic nitrogens is 4. The Bertz CT molecular complexity index is 762. The molecule has 118 valence electrons. The third kappa shape index (κ3) is 2.87. The van der Waals surface area contributed by atoms with E-state index in [-0.39, 0.29) is 12.4 Å². The number of anilines is 1. The molecule has 1 aliphatic rings. The van der Waals surface area contributed by atoms with Gasteiger partial charge in [0.2, 0.25) is 0 Å². The number of rotatable bonds is 5. The van der Waals surface area contributed by atoms with E-state index in [0.29, 0.717) is 11.2 Å². The molecule has 0 aliphatic carbocycles. The normalized spacial score (nSPS) is 23.9. The molecular weight excluding hydrogens is 313 g/mol. The van der Waals surface area contributed by atoms with Gasteiger partial charge in [-0.1, -0.05) is 6.08 Å². The van der Waals surface area contributed by atoms with Crippen LogP contribution in [0.1, 0.15) is 6.23 Å². The van der Waals surface area contributed by atoms with Crippen LogP contribution in [0.15, 0.2) is 24.8 Å². The second kappa shape index (κ2) is 5.75. The molecular formula is C11H14N5O5P. The van der Waals surface area contributed by atoms with Crippen molar-refractivity contribution in [3.05, 3.63) is 24.8 Å². The summed E-state index contributed by atoms with van der Waals surface area (Å²) in [5.74, 6) is 0.284. The molecule has 0 bridgehead atoms. The van der Waals surface area contributed by atoms with Crippen molar-refractivity contribution in [3.8, 4) is 0 Å². The van der Waals surface area contributed by atoms with E-state index in [0.717, 1.165) is 7.11 Å². The van der Waals surface area contributed by atoms with E-state index in [9.17, 15) is 9.46 Å². The first-order valence-corrected chi connectivity index (χ1v) is 7.79. The lowest BCUT2D eigenvalue weighted by Gasteiger charge is -2.16. The number of nitrogens with zero attached hydrogens (tertiary/aromatic N) is 4. The number of phosphoric ester groups is 1. The van der Waals surface area contributed by atoms with Crippen LogP contribution in [0.4, 0.5) is 5.82 Å². The Morgan fingerprint density at radius 2 is 2.27 bits per heavy atom. The molecule has 3 atom stereocenters. The monoisotopic (exact) mass is 327 g/mol. The highest BCUT2D eigenvalue weighted by Crippen LogP contribution is 2.42. The van der Waals surface area contributed by atoms with E-state index in [1.165, 1.54) is 6.33 Å². The molecule has 3 heterocycles. The minimum absolute atomic E-state index is 0.113. The minimum Gasteiger partial charge on any atom is -0.382 e. The van der Waals surface area contributed by atoms with Crippen molar-refractivity contribution in [1.82, 2.24) is 19.5 Å². The third-order valence-corrected chi connectivity index (χ3v) is 4.04. The van der Waals surface area contributed by atoms with Crippen molar-refractivity contribution in [1.29, 1.82) is 0 Å². The van der Waals surface area contributed by atoms with E-state index >= 15 is 0 Å². The van der Waals surface area contributed by atoms with Gasteiger partial charge >= 0.3 is 7.82 Å². The van der Waals surface area contributed by atoms with Crippen LogP contribution >= 0.6 is 7.82 Å². The summed E-state index contributed by atoms with van der Waals surface area (Å²) in [4.78, 5) is 21.3. The number of nitrogens with two attached hydrogens (primary N) is 1. The molecule has 2 aromatic heterocycles. The van der Waals surface area contributed by atoms with Crippen molar-refractivity contribution < 1.29 is 23.2 Å². The molecule has 1 aliphatic heterocycles. The highest BCUT2D eigenvalue weighted by molar-refractivity contribution is 7.47. The molecule has 11 heteroatoms. The molecule has 22 heavy (non-hydrogen) atoms. The van der Waals surface area contributed by atoms with Gasteiger partial charge in [-0.3, -0.25) is 13.6 Å². The Morgan fingerprint density at radius 1 is 1.45 bits per heavy atom. The average molecular weight is 327 g/mol. The van der Waals surface area contributed by atoms with E-state index in [4.69, 9.17) is 15.0 Å². The van der Waals surface area contributed by atoms with E-state index in [2.05, 4.69) is 19.5 Å². The maximum atomic E-state index is 11.2. The van der Waals surface area contributed by atoms with Crippen LogP contribution in [0.5, 0.6) is 0 Å². The van der Waals surface area contributed by atoms with Gasteiger partial charge in [-0.15, -0.1) is 0 Å². The number of phosphoric acid groups is 1. The largest absolute Gasteiger partial charge is 0.472 e. The molecule has 0 spiro atoms. The van der Waals surface area contributed by atoms with Crippen LogP contribution in [-0.4, -0.2) is 44.2 Å². The standard InChI is InChI=1S/C11H14N5O5P/c1-19-22(17,18)20-4-7-2-3-8(21-7)16-6-15-9-10(12)13-5-14-11(9)16/h2-3,5-8H,4H2,1H3,(H,17,18)(H2,12,13,14)/t7-,8+/m0/s1. The highest BCUT2D eigenvalue weighted by atomic mass is 31.2. The lowest BCUT2D eigenvalue weighted by molar-refractivity contribution is -0.00758. The maximum Gasteiger partial charge on any atom is 0.472 e. The van der Waals surface area contributed by atoms with Crippen molar-refractivity contribution in [3.63, 3.8) is 0 Å². The Hall–Kier alpha value is -1.84. The van der Waals surface area contributed by atoms with Gasteiger partial charge in [0.15, 0.2) is 17.7 Å². The van der Waals surface area contributed by atoms with Crippen molar-refractivity contribution in [2.75, 3.05) is 19.5 Å². The molecule has 2 aromatic rings. The average Bonchev–Trinajstić information content (AvgIpc) is 3.12. The fraction of sp³-hybridized carbons (Fsp3) is 0.364. The third-order valence-electron chi connectivity index (χ3n) is 3.10. The lowest BCUT2D eigenvalue weighted by atomic mass is 10.4. The minimum atomic E-state index is -4.02. The lowest BCUT2D eigenvalue weighted by Crippen LogP contribution is -2.17. The molecule has 0 aromatic carbocycles. The molecule has 0 amide bonds. The zero-order chi connectivity index (χ0) is 15.7. The highest BCUT2D eigenvalue weighted by Gasteiger charge is 2.26. The number of fused-ring (bicyclic) bond motifs is 1. The Labute approximate surface area is 125 Å². The van der Waals surface area contributed by atoms with Crippen LogP contribution in [0.25, 0.3) is 11.2 Å². The fourth-order valence-corrected chi connectivity index (χ4v) is 2.46. The summed E-state index contributed by atoms with van der Waals surface area (Å²) in [5.41, 5.74) is 6.75. The van der Waals surface area contributed by atoms with Gasteiger partial charge in [0.05, 0.1) is 12.9 Å². The maximum absolute atomic E-state index is 11.2. The number of imidazole rings is 1. The first-order chi connectivity index (χ1) is 10.5. The Kier molecular flexibility index (Phi) is 3.94. The Balaban J connectivity index is 1.71. The summed E-state index contributed by atoms with van der Waals surface area (Å²) in [6.07, 6.45) is 5.42. The molecule has 3 rings (SSSR count). The predicted octanol–water partition coefficient (Wildman–Crippen LogP) is 0.626. The topological polar surface area (TPSA) is 135 Å². The fourth-order valence-electron chi connectivity index (χ4n) is 2.02. The molecule has 0 radical (unpaired) electrons. The number of nitrogen functional groups attached to an aromatic ring is 1. The van der Waals surface area contributed by atoms with Crippen LogP contribution in [0, 0.1) is 0 Å². The SMILES string of the molecule is COP(=O)(O)OC[C@@H]1C=C[C@H](n2cnc3c(N)ncnc32)O1. The van der Waals surface area contributed by atoms with Gasteiger partial charge in [-0.2, -0.15) is 0 Å². The molecule has 3 N–H and O–H groups in total. The van der Waals surface area contributed by atoms with Gasteiger partial charge in [-0.05, 0) is 6.08 Å². The number of ether oxygens (including phenoxy) is 1. The van der Waals surface area contributed by atoms with Crippen LogP contribution in [0.3, 0.4) is 0 Å². The quantitative estimate of drug-likeness (QED) is 0.598. The van der Waals surface area contributed by atoms with E-state index in [1.807, 2.05) is 0 Å². The smallest absolute Gasteiger partial charge is 0.382 e. The number of hydrogen-bond donors (Lipinski definition) is 2. The second-order valence-electron chi connectivity index (χ2n) is 4.48. The van der Waals surface area contributed by atoms with Gasteiger partial charge in [-0.25, -0.2) is 19.5 Å². The van der Waals surface area contributed by atoms with Crippen molar-refractivity contribution in [2.24, 2.45) is 0 Å². The second-order valence-corrected chi connectivity index (χ2v) is 6.04. The van der Waals surface area contributed by atoms with E-state index in [1.54, 1.807) is 23.0 Å². The Morgan fingerprint density at radius 3 is 3.05 bits per heavy atom. The summed E-state index contributed by atoms with van der Waals surface area (Å²) in [6, 6.07) is 0. The number of hydrogen-bond acceptors (Lipinski definition) is 8. The summed E-state index contributed by atoms with van der Waals surface area (Å²) < 4.78 is 27.7. The first-order valence-electron chi connectivity index (χ1n) is 6.30. The van der Waals surface area contributed by atoms with Gasteiger partial charge < -0.3 is 15.4 Å². The summed E-state index contributed by atoms with van der Waals surface area (Å²) in [7, 11) is -2.93. The van der Waals surface area contributed by atoms with Crippen molar-refractivity contribution in [2.45, 2.75) is 12.3 Å². The summed E-state index contributed by atoms with van der Waals surface area (Å²) in [5, 5.41) is 0. The summed E-state index contributed by atoms with van der Waals surface area (Å²) in [6.45, 7) is -0.113. The van der Waals surface area contributed by atoms with Crippen LogP contribution in [-0.2, 0) is 18.3 Å². The molecule has 0 saturated carbocycles. The van der Waals surface area contributed by atoms with Crippen LogP contribution < -0.4 is 5.73 Å². The van der Waals surface area contributed by atoms with Crippen molar-refractivity contribution >= 4 is 24.8 Å². The van der Waals surface area contributed by atoms with Gasteiger partial charge in [0.25, 0.3) is 0 Å². The zero-order valence-electron chi connectivity index (χ0n) is 11.6.